The number of fused-ring (bicyclic) bond motifs is 1. The molecule has 0 saturated carbocycles. The van der Waals surface area contributed by atoms with Crippen molar-refractivity contribution < 1.29 is 0 Å². The molecule has 0 aromatic heterocycles. The lowest BCUT2D eigenvalue weighted by Gasteiger charge is -2.33. The smallest absolute Gasteiger partial charge is 0.0733 e. The van der Waals surface area contributed by atoms with Crippen LogP contribution in [0.5, 0.6) is 0 Å². The maximum atomic E-state index is 10.3. The van der Waals surface area contributed by atoms with E-state index in [1.807, 2.05) is 14.1 Å². The van der Waals surface area contributed by atoms with Gasteiger partial charge in [0.25, 0.3) is 0 Å². The lowest BCUT2D eigenvalue weighted by Crippen LogP contribution is -2.27. The topological polar surface area (TPSA) is 50.8 Å². The number of aryl methyl sites for hydroxylation is 2. The second-order valence-corrected chi connectivity index (χ2v) is 10.1. The Bertz CT molecular complexity index is 1270. The first-order valence-electron chi connectivity index (χ1n) is 12.1. The zero-order valence-electron chi connectivity index (χ0n) is 21.0. The van der Waals surface area contributed by atoms with Crippen LogP contribution >= 0.6 is 0 Å². The van der Waals surface area contributed by atoms with Gasteiger partial charge in [-0.15, -0.1) is 0 Å². The third-order valence-electron chi connectivity index (χ3n) is 7.39. The van der Waals surface area contributed by atoms with Crippen molar-refractivity contribution in [3.63, 3.8) is 0 Å². The Kier molecular flexibility index (Phi) is 6.49. The molecule has 1 aromatic rings. The molecule has 4 atom stereocenters. The summed E-state index contributed by atoms with van der Waals surface area (Å²) in [5, 5.41) is 20.5. The first-order chi connectivity index (χ1) is 16.3. The van der Waals surface area contributed by atoms with Gasteiger partial charge in [0, 0.05) is 31.6 Å². The maximum absolute atomic E-state index is 10.3. The van der Waals surface area contributed by atoms with Gasteiger partial charge < -0.3 is 4.90 Å². The van der Waals surface area contributed by atoms with Crippen LogP contribution in [0.4, 0.5) is 5.69 Å². The lowest BCUT2D eigenvalue weighted by atomic mass is 9.67. The fourth-order valence-corrected chi connectivity index (χ4v) is 5.36. The highest BCUT2D eigenvalue weighted by Crippen LogP contribution is 2.48. The van der Waals surface area contributed by atoms with E-state index >= 15 is 0 Å². The van der Waals surface area contributed by atoms with Gasteiger partial charge in [-0.1, -0.05) is 62.4 Å². The van der Waals surface area contributed by atoms with Gasteiger partial charge in [-0.05, 0) is 70.8 Å². The number of allylic oxidation sites excluding steroid dienone is 2. The zero-order valence-corrected chi connectivity index (χ0v) is 21.0. The molecule has 0 heterocycles. The van der Waals surface area contributed by atoms with Gasteiger partial charge in [0.1, 0.15) is 0 Å². The Labute approximate surface area is 204 Å². The average Bonchev–Trinajstić information content (AvgIpc) is 3.04. The fourth-order valence-electron chi connectivity index (χ4n) is 5.36. The molecule has 172 valence electrons. The molecule has 4 unspecified atom stereocenters. The number of nitrogens with zero attached hydrogens (tertiary/aromatic N) is 3. The summed E-state index contributed by atoms with van der Waals surface area (Å²) in [4.78, 5) is 2.06. The summed E-state index contributed by atoms with van der Waals surface area (Å²) in [6.07, 6.45) is 4.33. The third kappa shape index (κ3) is 4.08. The lowest BCUT2D eigenvalue weighted by molar-refractivity contribution is 0.403. The quantitative estimate of drug-likeness (QED) is 0.394. The molecule has 3 aliphatic rings. The first-order valence-corrected chi connectivity index (χ1v) is 12.1. The van der Waals surface area contributed by atoms with Gasteiger partial charge in [0.05, 0.1) is 24.0 Å². The predicted octanol–water partition coefficient (Wildman–Crippen LogP) is 7.31. The van der Waals surface area contributed by atoms with Crippen LogP contribution < -0.4 is 4.90 Å². The molecule has 0 N–H and O–H groups in total. The van der Waals surface area contributed by atoms with Gasteiger partial charge >= 0.3 is 0 Å². The summed E-state index contributed by atoms with van der Waals surface area (Å²) in [7, 11) is 4.03. The van der Waals surface area contributed by atoms with Crippen LogP contribution in [0.3, 0.4) is 0 Å². The van der Waals surface area contributed by atoms with Crippen LogP contribution in [0, 0.1) is 48.3 Å². The second kappa shape index (κ2) is 9.36. The zero-order chi connectivity index (χ0) is 24.6. The first kappa shape index (κ1) is 23.6. The number of hydrogen-bond acceptors (Lipinski definition) is 3. The van der Waals surface area contributed by atoms with E-state index in [0.717, 1.165) is 11.3 Å². The minimum atomic E-state index is -0.409. The highest BCUT2D eigenvalue weighted by molar-refractivity contribution is 5.79. The molecule has 4 rings (SSSR count). The number of rotatable bonds is 4. The van der Waals surface area contributed by atoms with Crippen molar-refractivity contribution in [3.05, 3.63) is 88.5 Å². The molecule has 3 nitrogen and oxygen atoms in total. The van der Waals surface area contributed by atoms with Crippen molar-refractivity contribution >= 4 is 5.69 Å². The number of hydrogen-bond donors (Lipinski definition) is 0. The maximum Gasteiger partial charge on any atom is 0.0733 e. The predicted molar refractivity (Wildman–Crippen MR) is 140 cm³/mol. The van der Waals surface area contributed by atoms with Crippen LogP contribution in [-0.2, 0) is 0 Å². The van der Waals surface area contributed by atoms with Crippen molar-refractivity contribution in [2.75, 3.05) is 19.0 Å². The minimum absolute atomic E-state index is 0.0887. The van der Waals surface area contributed by atoms with E-state index in [9.17, 15) is 10.5 Å². The van der Waals surface area contributed by atoms with Gasteiger partial charge in [-0.3, -0.25) is 0 Å². The van der Waals surface area contributed by atoms with Crippen molar-refractivity contribution in [3.8, 4) is 23.3 Å². The fraction of sp³-hybridized carbons (Fsp3) is 0.355. The summed E-state index contributed by atoms with van der Waals surface area (Å²) in [6.45, 7) is 8.74. The minimum Gasteiger partial charge on any atom is -0.378 e. The number of nitriles is 2. The van der Waals surface area contributed by atoms with Crippen LogP contribution in [-0.4, -0.2) is 14.1 Å². The summed E-state index contributed by atoms with van der Waals surface area (Å²) in [6, 6.07) is 22.3. The third-order valence-corrected chi connectivity index (χ3v) is 7.39. The summed E-state index contributed by atoms with van der Waals surface area (Å²) in [5.41, 5.74) is 9.60. The standard InChI is InChI=1S/C31H33N3/c1-19(2)23-8-7-20(3)31-27(16-23)21(4)15-28(31)26-14-13-25(29(17-32)30(26)18-33)22-9-11-24(12-10-22)34(5)6/h7-16,19,25-26,29-30H,1-6H3. The highest BCUT2D eigenvalue weighted by Gasteiger charge is 2.40. The van der Waals surface area contributed by atoms with Gasteiger partial charge in [0.15, 0.2) is 0 Å². The SMILES string of the molecule is Cc1cc(C2C=CC(c3ccc(N(C)C)cc3)C(C#N)C2C#N)c2c(C)ccc(C(C)C)cc1-2. The number of benzene rings is 1. The van der Waals surface area contributed by atoms with E-state index in [4.69, 9.17) is 0 Å². The molecule has 0 amide bonds. The molecule has 0 bridgehead atoms. The molecule has 3 heteroatoms. The van der Waals surface area contributed by atoms with Gasteiger partial charge in [-0.2, -0.15) is 10.5 Å². The molecule has 3 aliphatic carbocycles. The van der Waals surface area contributed by atoms with Crippen LogP contribution in [0.1, 0.15) is 59.4 Å². The summed E-state index contributed by atoms with van der Waals surface area (Å²) < 4.78 is 0. The van der Waals surface area contributed by atoms with Crippen molar-refractivity contribution in [2.24, 2.45) is 11.8 Å². The van der Waals surface area contributed by atoms with Crippen molar-refractivity contribution in [1.29, 1.82) is 10.5 Å². The highest BCUT2D eigenvalue weighted by atomic mass is 15.1. The number of anilines is 1. The Morgan fingerprint density at radius 1 is 0.794 bits per heavy atom. The Balaban J connectivity index is 1.80. The molecular formula is C31H33N3. The molecule has 0 radical (unpaired) electrons. The Morgan fingerprint density at radius 2 is 1.41 bits per heavy atom. The van der Waals surface area contributed by atoms with Crippen LogP contribution in [0.2, 0.25) is 0 Å². The summed E-state index contributed by atoms with van der Waals surface area (Å²) >= 11 is 0. The molecule has 0 spiro atoms. The largest absolute Gasteiger partial charge is 0.378 e. The summed E-state index contributed by atoms with van der Waals surface area (Å²) in [5.74, 6) is -0.565. The van der Waals surface area contributed by atoms with Crippen LogP contribution in [0.25, 0.3) is 11.1 Å². The van der Waals surface area contributed by atoms with E-state index in [-0.39, 0.29) is 11.8 Å². The molecule has 1 aromatic carbocycles. The van der Waals surface area contributed by atoms with E-state index in [1.54, 1.807) is 0 Å². The van der Waals surface area contributed by atoms with Crippen LogP contribution in [0.15, 0.2) is 60.7 Å². The Morgan fingerprint density at radius 3 is 2.00 bits per heavy atom. The molecular weight excluding hydrogens is 414 g/mol. The average molecular weight is 448 g/mol. The van der Waals surface area contributed by atoms with Gasteiger partial charge in [0.2, 0.25) is 0 Å². The molecule has 0 aliphatic heterocycles. The Hall–Kier alpha value is -3.56. The second-order valence-electron chi connectivity index (χ2n) is 10.1. The van der Waals surface area contributed by atoms with E-state index in [1.165, 1.54) is 33.4 Å². The van der Waals surface area contributed by atoms with E-state index in [0.29, 0.717) is 5.92 Å². The monoisotopic (exact) mass is 447 g/mol. The normalized spacial score (nSPS) is 21.9. The van der Waals surface area contributed by atoms with E-state index in [2.05, 4.69) is 105 Å². The van der Waals surface area contributed by atoms with E-state index < -0.39 is 11.8 Å². The molecule has 0 fully saturated rings. The van der Waals surface area contributed by atoms with Gasteiger partial charge in [-0.25, -0.2) is 0 Å². The molecule has 0 saturated heterocycles. The molecule has 34 heavy (non-hydrogen) atoms. The van der Waals surface area contributed by atoms with Crippen molar-refractivity contribution in [2.45, 2.75) is 45.4 Å². The van der Waals surface area contributed by atoms with Crippen molar-refractivity contribution in [1.82, 2.24) is 0 Å².